The molecule has 8 nitrogen and oxygen atoms in total. The molecule has 0 aliphatic heterocycles. The molecule has 0 fully saturated rings. The van der Waals surface area contributed by atoms with Crippen molar-refractivity contribution in [3.05, 3.63) is 12.2 Å². The molecule has 0 amide bonds. The van der Waals surface area contributed by atoms with Crippen molar-refractivity contribution in [2.45, 2.75) is 34.1 Å². The van der Waals surface area contributed by atoms with Crippen molar-refractivity contribution in [2.75, 3.05) is 47.9 Å². The Hall–Kier alpha value is -1.00. The van der Waals surface area contributed by atoms with E-state index in [2.05, 4.69) is 62.6 Å². The van der Waals surface area contributed by atoms with Crippen LogP contribution in [-0.2, 0) is 19.4 Å². The smallest absolute Gasteiger partial charge is 0.397 e. The first-order valence-electron chi connectivity index (χ1n) is 7.61. The highest BCUT2D eigenvalue weighted by molar-refractivity contribution is 7.80. The molecule has 148 valence electrons. The van der Waals surface area contributed by atoms with Gasteiger partial charge >= 0.3 is 16.4 Å². The Morgan fingerprint density at radius 3 is 1.29 bits per heavy atom. The lowest BCUT2D eigenvalue weighted by atomic mass is 10.2. The van der Waals surface area contributed by atoms with Crippen LogP contribution in [0.25, 0.3) is 0 Å². The van der Waals surface area contributed by atoms with E-state index in [4.69, 9.17) is 9.66 Å². The maximum Gasteiger partial charge on any atom is 0.397 e. The van der Waals surface area contributed by atoms with Crippen LogP contribution in [-0.4, -0.2) is 81.7 Å². The summed E-state index contributed by atoms with van der Waals surface area (Å²) in [6.07, 6.45) is 0.523. The minimum atomic E-state index is -4.17. The molecule has 0 aromatic heterocycles. The van der Waals surface area contributed by atoms with Gasteiger partial charge in [0.2, 0.25) is 0 Å². The van der Waals surface area contributed by atoms with Gasteiger partial charge in [-0.1, -0.05) is 27.4 Å². The number of hydrogen-bond acceptors (Lipinski definition) is 6. The quantitative estimate of drug-likeness (QED) is 0.538. The van der Waals surface area contributed by atoms with Gasteiger partial charge in [0.05, 0.1) is 6.61 Å². The number of carboxylic acid groups (broad SMARTS) is 1. The molecule has 0 heterocycles. The summed E-state index contributed by atoms with van der Waals surface area (Å²) in [5.74, 6) is -0.900. The predicted molar refractivity (Wildman–Crippen MR) is 98.7 cm³/mol. The van der Waals surface area contributed by atoms with Crippen LogP contribution in [0.5, 0.6) is 0 Å². The fourth-order valence-corrected chi connectivity index (χ4v) is 0.598. The van der Waals surface area contributed by atoms with E-state index < -0.39 is 16.4 Å². The third-order valence-electron chi connectivity index (χ3n) is 2.26. The lowest BCUT2D eigenvalue weighted by molar-refractivity contribution is -0.132. The number of hydrogen-bond donors (Lipinski definition) is 2. The molecule has 0 unspecified atom stereocenters. The summed E-state index contributed by atoms with van der Waals surface area (Å²) in [4.78, 5) is 14.1. The highest BCUT2D eigenvalue weighted by Gasteiger charge is 1.98. The van der Waals surface area contributed by atoms with E-state index in [-0.39, 0.29) is 12.2 Å². The molecule has 0 aromatic rings. The Morgan fingerprint density at radius 2 is 1.29 bits per heavy atom. The van der Waals surface area contributed by atoms with E-state index >= 15 is 0 Å². The van der Waals surface area contributed by atoms with Crippen LogP contribution in [0, 0.1) is 0 Å². The van der Waals surface area contributed by atoms with Gasteiger partial charge in [0, 0.05) is 5.57 Å². The zero-order valence-electron chi connectivity index (χ0n) is 16.4. The number of rotatable bonds is 6. The molecule has 9 heteroatoms. The molecule has 0 rings (SSSR count). The van der Waals surface area contributed by atoms with Gasteiger partial charge in [-0.3, -0.25) is 4.55 Å². The van der Waals surface area contributed by atoms with Crippen LogP contribution in [0.3, 0.4) is 0 Å². The summed E-state index contributed by atoms with van der Waals surface area (Å²) in [5, 5.41) is 8.08. The molecule has 0 aromatic carbocycles. The van der Waals surface area contributed by atoms with Crippen molar-refractivity contribution in [1.29, 1.82) is 0 Å². The topological polar surface area (TPSA) is 107 Å². The van der Waals surface area contributed by atoms with Gasteiger partial charge < -0.3 is 14.9 Å². The largest absolute Gasteiger partial charge is 0.478 e. The molecule has 0 bridgehead atoms. The van der Waals surface area contributed by atoms with Crippen LogP contribution < -0.4 is 0 Å². The second kappa shape index (κ2) is 20.0. The molecular formula is C15H36N2O6S. The van der Waals surface area contributed by atoms with Crippen molar-refractivity contribution in [3.8, 4) is 0 Å². The van der Waals surface area contributed by atoms with E-state index in [1.54, 1.807) is 6.92 Å². The summed E-state index contributed by atoms with van der Waals surface area (Å²) in [6.45, 7) is 13.0. The number of carboxylic acids is 1. The van der Waals surface area contributed by atoms with Gasteiger partial charge in [-0.05, 0) is 54.6 Å². The first-order valence-corrected chi connectivity index (χ1v) is 8.97. The lowest BCUT2D eigenvalue weighted by Gasteiger charge is -2.00. The van der Waals surface area contributed by atoms with Gasteiger partial charge in [-0.15, -0.1) is 0 Å². The number of aliphatic carboxylic acids is 1. The van der Waals surface area contributed by atoms with Gasteiger partial charge in [-0.25, -0.2) is 8.98 Å². The number of carbonyl (C=O) groups is 1. The zero-order valence-corrected chi connectivity index (χ0v) is 17.2. The molecule has 0 atom stereocenters. The molecule has 2 N–H and O–H groups in total. The molecular weight excluding hydrogens is 336 g/mol. The first kappa shape index (κ1) is 30.8. The molecule has 0 aliphatic carbocycles. The fourth-order valence-electron chi connectivity index (χ4n) is 0.300. The zero-order chi connectivity index (χ0) is 20.3. The van der Waals surface area contributed by atoms with Gasteiger partial charge in [0.15, 0.2) is 0 Å². The van der Waals surface area contributed by atoms with Crippen molar-refractivity contribution in [3.63, 3.8) is 0 Å². The van der Waals surface area contributed by atoms with Crippen molar-refractivity contribution >= 4 is 16.4 Å². The molecule has 0 aliphatic rings. The second-order valence-corrected chi connectivity index (χ2v) is 5.98. The fraction of sp³-hybridized carbons (Fsp3) is 0.800. The molecule has 0 saturated carbocycles. The third-order valence-corrected chi connectivity index (χ3v) is 2.79. The molecule has 24 heavy (non-hydrogen) atoms. The Morgan fingerprint density at radius 1 is 1.00 bits per heavy atom. The Balaban J connectivity index is -0.000000113. The van der Waals surface area contributed by atoms with Gasteiger partial charge in [0.25, 0.3) is 0 Å². The van der Waals surface area contributed by atoms with Crippen molar-refractivity contribution in [1.82, 2.24) is 9.80 Å². The van der Waals surface area contributed by atoms with Gasteiger partial charge in [0.1, 0.15) is 0 Å². The molecule has 0 radical (unpaired) electrons. The highest BCUT2D eigenvalue weighted by Crippen LogP contribution is 1.93. The van der Waals surface area contributed by atoms with Crippen LogP contribution in [0.4, 0.5) is 0 Å². The summed E-state index contributed by atoms with van der Waals surface area (Å²) >= 11 is 0. The van der Waals surface area contributed by atoms with Gasteiger partial charge in [-0.2, -0.15) is 8.42 Å². The maximum atomic E-state index is 9.83. The van der Waals surface area contributed by atoms with Crippen molar-refractivity contribution < 1.29 is 27.1 Å². The van der Waals surface area contributed by atoms with Crippen molar-refractivity contribution in [2.24, 2.45) is 0 Å². The Kier molecular flexibility index (Phi) is 25.8. The van der Waals surface area contributed by atoms with Crippen LogP contribution in [0.15, 0.2) is 12.2 Å². The molecule has 0 saturated heterocycles. The minimum Gasteiger partial charge on any atom is -0.478 e. The molecule has 0 spiro atoms. The van der Waals surface area contributed by atoms with Crippen LogP contribution in [0.2, 0.25) is 0 Å². The average Bonchev–Trinajstić information content (AvgIpc) is 2.46. The summed E-state index contributed by atoms with van der Waals surface area (Å²) in [6, 6.07) is 0. The SMILES string of the molecule is C=C(CC)C(=O)O.CCN(C)C.CCN(C)C.CCOS(=O)(=O)O. The highest BCUT2D eigenvalue weighted by atomic mass is 32.3. The standard InChI is InChI=1S/C5H8O2.2C4H11N.C2H6O4S/c1-3-4(2)5(6)7;2*1-4-5(2)3;1-2-6-7(3,4)5/h2-3H2,1H3,(H,6,7);2*4H2,1-3H3;2H2,1H3,(H,3,4,5). The summed E-state index contributed by atoms with van der Waals surface area (Å²) in [7, 11) is 4.05. The van der Waals surface area contributed by atoms with E-state index in [9.17, 15) is 13.2 Å². The minimum absolute atomic E-state index is 0.0289. The van der Waals surface area contributed by atoms with E-state index in [0.717, 1.165) is 13.1 Å². The normalized spacial score (nSPS) is 9.79. The third kappa shape index (κ3) is 49.7. The number of nitrogens with zero attached hydrogens (tertiary/aromatic N) is 2. The average molecular weight is 373 g/mol. The Bertz CT molecular complexity index is 387. The summed E-state index contributed by atoms with van der Waals surface area (Å²) in [5.41, 5.74) is 0.264. The van der Waals surface area contributed by atoms with E-state index in [0.29, 0.717) is 6.42 Å². The van der Waals surface area contributed by atoms with E-state index in [1.807, 2.05) is 0 Å². The first-order chi connectivity index (χ1) is 10.8. The maximum absolute atomic E-state index is 9.83. The van der Waals surface area contributed by atoms with Crippen LogP contribution in [0.1, 0.15) is 34.1 Å². The Labute approximate surface area is 148 Å². The predicted octanol–water partition coefficient (Wildman–Crippen LogP) is 2.00. The summed E-state index contributed by atoms with van der Waals surface area (Å²) < 4.78 is 30.7. The monoisotopic (exact) mass is 372 g/mol. The second-order valence-electron chi connectivity index (χ2n) is 4.89. The lowest BCUT2D eigenvalue weighted by Crippen LogP contribution is -2.08. The van der Waals surface area contributed by atoms with Crippen LogP contribution >= 0.6 is 0 Å². The van der Waals surface area contributed by atoms with E-state index in [1.165, 1.54) is 6.92 Å².